The second kappa shape index (κ2) is 9.70. The Balaban J connectivity index is 1.62. The molecule has 2 aliphatic rings. The fourth-order valence-electron chi connectivity index (χ4n) is 4.38. The van der Waals surface area contributed by atoms with Crippen LogP contribution in [0.4, 0.5) is 22.0 Å². The monoisotopic (exact) mass is 499 g/mol. The lowest BCUT2D eigenvalue weighted by Gasteiger charge is -2.31. The molecule has 0 saturated carbocycles. The Kier molecular flexibility index (Phi) is 6.43. The summed E-state index contributed by atoms with van der Waals surface area (Å²) in [5.41, 5.74) is 13.9. The number of nitrogens with one attached hydrogen (secondary N) is 1. The van der Waals surface area contributed by atoms with Gasteiger partial charge in [-0.1, -0.05) is 51.1 Å². The first-order chi connectivity index (χ1) is 17.7. The Morgan fingerprint density at radius 1 is 1.11 bits per heavy atom. The Morgan fingerprint density at radius 3 is 2.49 bits per heavy atom. The van der Waals surface area contributed by atoms with E-state index in [-0.39, 0.29) is 11.4 Å². The number of aliphatic imine (C=N–C) groups is 1. The molecule has 5 rings (SSSR count). The molecule has 0 fully saturated rings. The van der Waals surface area contributed by atoms with E-state index in [0.29, 0.717) is 31.1 Å². The SMILES string of the molecule is CN1C(=O)N(CC(C)(C)C)c2cc(c(=Nc3ccccc3)n(Cc3ccc(N4CN=CN4)cc3)n2)C1N. The van der Waals surface area contributed by atoms with Crippen LogP contribution in [0, 0.1) is 5.41 Å². The van der Waals surface area contributed by atoms with Crippen LogP contribution < -0.4 is 26.6 Å². The molecule has 0 saturated heterocycles. The first kappa shape index (κ1) is 24.5. The van der Waals surface area contributed by atoms with E-state index in [9.17, 15) is 4.79 Å². The van der Waals surface area contributed by atoms with Crippen molar-refractivity contribution in [3.05, 3.63) is 77.3 Å². The van der Waals surface area contributed by atoms with Crippen molar-refractivity contribution >= 4 is 29.6 Å². The van der Waals surface area contributed by atoms with Gasteiger partial charge in [0, 0.05) is 19.2 Å². The zero-order chi connectivity index (χ0) is 26.2. The van der Waals surface area contributed by atoms with Crippen molar-refractivity contribution < 1.29 is 4.79 Å². The van der Waals surface area contributed by atoms with Crippen molar-refractivity contribution in [2.45, 2.75) is 33.5 Å². The number of fused-ring (bicyclic) bond motifs is 2. The number of hydrazine groups is 1. The van der Waals surface area contributed by atoms with Gasteiger partial charge in [0.2, 0.25) is 0 Å². The standard InChI is InChI=1S/C27H33N9O/c1-27(2,3)16-34-23-14-22(24(28)33(4)26(34)37)25(31-20-8-6-5-7-9-20)35(32-23)15-19-10-12-21(13-11-19)36-18-29-17-30-36/h5-14,17,24H,15-16,18,28H2,1-4H3,(H,29,30). The predicted octanol–water partition coefficient (Wildman–Crippen LogP) is 3.35. The fraction of sp³-hybridized carbons (Fsp3) is 0.333. The highest BCUT2D eigenvalue weighted by atomic mass is 16.2. The van der Waals surface area contributed by atoms with Crippen molar-refractivity contribution in [3.63, 3.8) is 0 Å². The van der Waals surface area contributed by atoms with Crippen molar-refractivity contribution in [2.75, 3.05) is 30.2 Å². The summed E-state index contributed by atoms with van der Waals surface area (Å²) < 4.78 is 1.85. The second-order valence-electron chi connectivity index (χ2n) is 10.5. The number of carbonyl (C=O) groups excluding carboxylic acids is 1. The molecule has 0 aliphatic carbocycles. The van der Waals surface area contributed by atoms with Crippen LogP contribution in [0.15, 0.2) is 70.6 Å². The summed E-state index contributed by atoms with van der Waals surface area (Å²) in [5, 5.41) is 6.90. The van der Waals surface area contributed by atoms with Gasteiger partial charge in [0.25, 0.3) is 0 Å². The van der Waals surface area contributed by atoms with E-state index in [1.807, 2.05) is 58.2 Å². The van der Waals surface area contributed by atoms with E-state index in [1.54, 1.807) is 23.2 Å². The van der Waals surface area contributed by atoms with Crippen LogP contribution in [0.1, 0.15) is 38.1 Å². The number of aromatic nitrogens is 2. The number of amides is 2. The number of anilines is 2. The molecule has 2 aliphatic heterocycles. The third-order valence-electron chi connectivity index (χ3n) is 6.29. The molecule has 1 atom stereocenters. The van der Waals surface area contributed by atoms with Gasteiger partial charge in [0.05, 0.1) is 17.9 Å². The van der Waals surface area contributed by atoms with Gasteiger partial charge >= 0.3 is 6.03 Å². The minimum Gasteiger partial charge on any atom is -0.308 e. The van der Waals surface area contributed by atoms with E-state index in [2.05, 4.69) is 43.3 Å². The summed E-state index contributed by atoms with van der Waals surface area (Å²) in [4.78, 5) is 25.9. The van der Waals surface area contributed by atoms with Gasteiger partial charge in [-0.15, -0.1) is 0 Å². The molecule has 37 heavy (non-hydrogen) atoms. The number of hydrogen-bond donors (Lipinski definition) is 2. The van der Waals surface area contributed by atoms with Crippen LogP contribution in [0.5, 0.6) is 0 Å². The minimum absolute atomic E-state index is 0.131. The van der Waals surface area contributed by atoms with Gasteiger partial charge in [0.1, 0.15) is 19.2 Å². The molecule has 3 heterocycles. The third-order valence-corrected chi connectivity index (χ3v) is 6.29. The maximum absolute atomic E-state index is 13.4. The highest BCUT2D eigenvalue weighted by Gasteiger charge is 2.34. The number of nitrogens with zero attached hydrogens (tertiary/aromatic N) is 7. The van der Waals surface area contributed by atoms with Crippen molar-refractivity contribution in [2.24, 2.45) is 21.1 Å². The zero-order valence-corrected chi connectivity index (χ0v) is 21.7. The minimum atomic E-state index is -0.670. The predicted molar refractivity (Wildman–Crippen MR) is 145 cm³/mol. The van der Waals surface area contributed by atoms with Gasteiger partial charge in [0.15, 0.2) is 11.3 Å². The molecule has 192 valence electrons. The smallest absolute Gasteiger partial charge is 0.308 e. The number of benzene rings is 2. The van der Waals surface area contributed by atoms with Gasteiger partial charge in [-0.2, -0.15) is 5.10 Å². The molecular weight excluding hydrogens is 466 g/mol. The number of nitrogens with two attached hydrogens (primary N) is 1. The average Bonchev–Trinajstić information content (AvgIpc) is 3.41. The van der Waals surface area contributed by atoms with Gasteiger partial charge in [-0.25, -0.2) is 14.5 Å². The molecule has 2 bridgehead atoms. The van der Waals surface area contributed by atoms with Crippen LogP contribution >= 0.6 is 0 Å². The Labute approximate surface area is 216 Å². The largest absolute Gasteiger partial charge is 0.326 e. The quantitative estimate of drug-likeness (QED) is 0.560. The lowest BCUT2D eigenvalue weighted by Crippen LogP contribution is -2.47. The third kappa shape index (κ3) is 5.19. The Hall–Kier alpha value is -4.18. The Bertz CT molecular complexity index is 1370. The summed E-state index contributed by atoms with van der Waals surface area (Å²) >= 11 is 0. The second-order valence-corrected chi connectivity index (χ2v) is 10.5. The van der Waals surface area contributed by atoms with E-state index in [0.717, 1.165) is 22.5 Å². The molecule has 10 nitrogen and oxygen atoms in total. The van der Waals surface area contributed by atoms with Gasteiger partial charge in [-0.3, -0.25) is 20.3 Å². The van der Waals surface area contributed by atoms with Crippen molar-refractivity contribution in [3.8, 4) is 0 Å². The maximum atomic E-state index is 13.4. The van der Waals surface area contributed by atoms with Crippen LogP contribution in [0.2, 0.25) is 0 Å². The van der Waals surface area contributed by atoms with Gasteiger partial charge in [-0.05, 0) is 41.3 Å². The number of urea groups is 1. The summed E-state index contributed by atoms with van der Waals surface area (Å²) in [7, 11) is 1.73. The van der Waals surface area contributed by atoms with E-state index < -0.39 is 6.17 Å². The van der Waals surface area contributed by atoms with Crippen molar-refractivity contribution in [1.82, 2.24) is 20.1 Å². The summed E-state index contributed by atoms with van der Waals surface area (Å²) in [6.45, 7) is 7.84. The molecular formula is C27H33N9O. The summed E-state index contributed by atoms with van der Waals surface area (Å²) in [6.07, 6.45) is 1.02. The number of rotatable bonds is 5. The lowest BCUT2D eigenvalue weighted by atomic mass is 9.96. The molecule has 1 aromatic heterocycles. The number of carbonyl (C=O) groups is 1. The lowest BCUT2D eigenvalue weighted by molar-refractivity contribution is 0.196. The van der Waals surface area contributed by atoms with Crippen LogP contribution in [-0.2, 0) is 6.54 Å². The molecule has 3 N–H and O–H groups in total. The first-order valence-electron chi connectivity index (χ1n) is 12.3. The zero-order valence-electron chi connectivity index (χ0n) is 21.7. The highest BCUT2D eigenvalue weighted by molar-refractivity contribution is 5.92. The molecule has 0 spiro atoms. The molecule has 2 aromatic carbocycles. The molecule has 2 amide bonds. The maximum Gasteiger partial charge on any atom is 0.326 e. The first-order valence-corrected chi connectivity index (χ1v) is 12.3. The topological polar surface area (TPSA) is 107 Å². The van der Waals surface area contributed by atoms with Crippen molar-refractivity contribution in [1.29, 1.82) is 0 Å². The molecule has 3 aromatic rings. The van der Waals surface area contributed by atoms with Crippen LogP contribution in [0.25, 0.3) is 0 Å². The number of hydrogen-bond acceptors (Lipinski definition) is 7. The highest BCUT2D eigenvalue weighted by Crippen LogP contribution is 2.28. The Morgan fingerprint density at radius 2 is 1.84 bits per heavy atom. The number of para-hydroxylation sites is 1. The molecule has 10 heteroatoms. The van der Waals surface area contributed by atoms with Crippen LogP contribution in [-0.4, -0.2) is 47.3 Å². The molecule has 0 radical (unpaired) electrons. The fourth-order valence-corrected chi connectivity index (χ4v) is 4.38. The normalized spacial score (nSPS) is 17.9. The van der Waals surface area contributed by atoms with Gasteiger partial charge < -0.3 is 10.6 Å². The average molecular weight is 500 g/mol. The summed E-state index contributed by atoms with van der Waals surface area (Å²) in [6, 6.07) is 19.6. The summed E-state index contributed by atoms with van der Waals surface area (Å²) in [5.74, 6) is 0.566. The molecule has 1 unspecified atom stereocenters. The van der Waals surface area contributed by atoms with Crippen LogP contribution in [0.3, 0.4) is 0 Å². The van der Waals surface area contributed by atoms with E-state index in [1.165, 1.54) is 0 Å². The van der Waals surface area contributed by atoms with E-state index in [4.69, 9.17) is 15.8 Å². The van der Waals surface area contributed by atoms with E-state index >= 15 is 0 Å².